The van der Waals surface area contributed by atoms with E-state index in [0.717, 1.165) is 22.2 Å². The Bertz CT molecular complexity index is 1260. The molecule has 0 saturated carbocycles. The maximum absolute atomic E-state index is 13.3. The van der Waals surface area contributed by atoms with Gasteiger partial charge in [-0.05, 0) is 29.1 Å². The predicted molar refractivity (Wildman–Crippen MR) is 119 cm³/mol. The van der Waals surface area contributed by atoms with Crippen LogP contribution in [0, 0.1) is 0 Å². The third kappa shape index (κ3) is 3.06. The number of anilines is 1. The summed E-state index contributed by atoms with van der Waals surface area (Å²) in [6.45, 7) is 0. The second kappa shape index (κ2) is 7.37. The Morgan fingerprint density at radius 1 is 0.867 bits per heavy atom. The van der Waals surface area contributed by atoms with E-state index < -0.39 is 6.17 Å². The Morgan fingerprint density at radius 2 is 1.60 bits per heavy atom. The zero-order chi connectivity index (χ0) is 20.5. The molecular weight excluding hydrogens is 374 g/mol. The van der Waals surface area contributed by atoms with E-state index in [1.165, 1.54) is 5.01 Å². The Kier molecular flexibility index (Phi) is 4.41. The van der Waals surface area contributed by atoms with Crippen molar-refractivity contribution in [1.29, 1.82) is 0 Å². The molecule has 1 aliphatic rings. The number of rotatable bonds is 3. The molecule has 30 heavy (non-hydrogen) atoms. The fraction of sp³-hybridized carbons (Fsp3) is 0.0400. The number of carbonyl (C=O) groups excluding carboxylic acids is 1. The smallest absolute Gasteiger partial charge is 0.278 e. The van der Waals surface area contributed by atoms with Gasteiger partial charge in [-0.2, -0.15) is 5.10 Å². The van der Waals surface area contributed by atoms with Gasteiger partial charge in [0.2, 0.25) is 0 Å². The summed E-state index contributed by atoms with van der Waals surface area (Å²) in [5.74, 6) is 0.00140. The van der Waals surface area contributed by atoms with Gasteiger partial charge in [0.15, 0.2) is 6.17 Å². The van der Waals surface area contributed by atoms with Crippen LogP contribution >= 0.6 is 0 Å². The molecule has 2 N–H and O–H groups in total. The molecule has 5 nitrogen and oxygen atoms in total. The normalized spacial score (nSPS) is 15.9. The highest BCUT2D eigenvalue weighted by Crippen LogP contribution is 2.33. The molecule has 0 bridgehead atoms. The number of amides is 1. The molecule has 4 aromatic rings. The van der Waals surface area contributed by atoms with E-state index in [0.29, 0.717) is 10.9 Å². The van der Waals surface area contributed by atoms with Crippen molar-refractivity contribution < 1.29 is 9.90 Å². The van der Waals surface area contributed by atoms with Gasteiger partial charge in [0.05, 0.1) is 11.8 Å². The number of carbonyl (C=O) groups is 1. The van der Waals surface area contributed by atoms with Gasteiger partial charge in [0.1, 0.15) is 5.75 Å². The van der Waals surface area contributed by atoms with E-state index >= 15 is 0 Å². The number of nitrogens with zero attached hydrogens (tertiary/aromatic N) is 2. The zero-order valence-electron chi connectivity index (χ0n) is 16.1. The molecule has 0 aromatic heterocycles. The largest absolute Gasteiger partial charge is 0.507 e. The Balaban J connectivity index is 1.60. The van der Waals surface area contributed by atoms with Gasteiger partial charge < -0.3 is 10.4 Å². The Labute approximate surface area is 173 Å². The van der Waals surface area contributed by atoms with Gasteiger partial charge in [-0.1, -0.05) is 72.8 Å². The van der Waals surface area contributed by atoms with Gasteiger partial charge in [-0.3, -0.25) is 4.79 Å². The van der Waals surface area contributed by atoms with Crippen molar-refractivity contribution in [2.45, 2.75) is 6.17 Å². The molecule has 1 aliphatic heterocycles. The molecule has 0 fully saturated rings. The van der Waals surface area contributed by atoms with Crippen LogP contribution in [0.2, 0.25) is 0 Å². The van der Waals surface area contributed by atoms with E-state index in [2.05, 4.69) is 10.4 Å². The van der Waals surface area contributed by atoms with E-state index in [1.807, 2.05) is 72.8 Å². The first-order valence-corrected chi connectivity index (χ1v) is 9.71. The van der Waals surface area contributed by atoms with Crippen LogP contribution in [0.1, 0.15) is 27.7 Å². The number of hydrogen-bond acceptors (Lipinski definition) is 4. The first-order valence-electron chi connectivity index (χ1n) is 9.71. The molecule has 1 heterocycles. The van der Waals surface area contributed by atoms with Gasteiger partial charge >= 0.3 is 0 Å². The minimum absolute atomic E-state index is 0.182. The number of fused-ring (bicyclic) bond motifs is 2. The predicted octanol–water partition coefficient (Wildman–Crippen LogP) is 5.15. The summed E-state index contributed by atoms with van der Waals surface area (Å²) >= 11 is 0. The van der Waals surface area contributed by atoms with Gasteiger partial charge in [-0.15, -0.1) is 0 Å². The minimum atomic E-state index is -0.437. The summed E-state index contributed by atoms with van der Waals surface area (Å²) in [6, 6.07) is 28.3. The number of aromatic hydroxyl groups is 1. The molecule has 0 spiro atoms. The molecule has 5 rings (SSSR count). The van der Waals surface area contributed by atoms with Gasteiger partial charge in [-0.25, -0.2) is 5.01 Å². The monoisotopic (exact) mass is 393 g/mol. The topological polar surface area (TPSA) is 64.9 Å². The van der Waals surface area contributed by atoms with E-state index in [9.17, 15) is 9.90 Å². The Hall–Kier alpha value is -4.12. The number of hydrogen-bond donors (Lipinski definition) is 2. The average Bonchev–Trinajstić information content (AvgIpc) is 2.79. The third-order valence-electron chi connectivity index (χ3n) is 5.25. The zero-order valence-corrected chi connectivity index (χ0v) is 16.1. The van der Waals surface area contributed by atoms with Crippen LogP contribution in [-0.2, 0) is 0 Å². The summed E-state index contributed by atoms with van der Waals surface area (Å²) in [7, 11) is 0. The first-order chi connectivity index (χ1) is 14.7. The van der Waals surface area contributed by atoms with E-state index in [-0.39, 0.29) is 11.7 Å². The molecule has 4 aromatic carbocycles. The average molecular weight is 393 g/mol. The molecule has 0 saturated heterocycles. The van der Waals surface area contributed by atoms with Crippen LogP contribution in [0.15, 0.2) is 96.1 Å². The first kappa shape index (κ1) is 17.9. The molecule has 146 valence electrons. The molecule has 0 aliphatic carbocycles. The minimum Gasteiger partial charge on any atom is -0.507 e. The number of para-hydroxylation sites is 1. The van der Waals surface area contributed by atoms with Crippen molar-refractivity contribution in [3.05, 3.63) is 108 Å². The lowest BCUT2D eigenvalue weighted by Crippen LogP contribution is -2.39. The standard InChI is InChI=1S/C25H19N3O2/c29-22-15-7-11-17-10-6-12-19(23(17)22)16-26-28-24(18-8-2-1-3-9-18)27-21-14-5-4-13-20(21)25(28)30/h1-16,24,27,29H/b26-16+. The lowest BCUT2D eigenvalue weighted by Gasteiger charge is -2.34. The number of hydrazone groups is 1. The summed E-state index contributed by atoms with van der Waals surface area (Å²) < 4.78 is 0. The third-order valence-corrected chi connectivity index (χ3v) is 5.25. The SMILES string of the molecule is O=C1c2ccccc2NC(c2ccccc2)N1/N=C/c1cccc2cccc(O)c12. The summed E-state index contributed by atoms with van der Waals surface area (Å²) in [5.41, 5.74) is 3.02. The number of benzene rings is 4. The highest BCUT2D eigenvalue weighted by molar-refractivity contribution is 6.05. The summed E-state index contributed by atoms with van der Waals surface area (Å²) in [5, 5.41) is 21.4. The van der Waals surface area contributed by atoms with Crippen molar-refractivity contribution in [2.24, 2.45) is 5.10 Å². The second-order valence-corrected chi connectivity index (χ2v) is 7.12. The number of phenols is 1. The maximum atomic E-state index is 13.3. The van der Waals surface area contributed by atoms with Crippen LogP contribution in [0.4, 0.5) is 5.69 Å². The molecule has 1 atom stereocenters. The van der Waals surface area contributed by atoms with E-state index in [4.69, 9.17) is 0 Å². The molecule has 5 heteroatoms. The molecule has 1 unspecified atom stereocenters. The van der Waals surface area contributed by atoms with Crippen LogP contribution in [-0.4, -0.2) is 22.2 Å². The van der Waals surface area contributed by atoms with Crippen LogP contribution < -0.4 is 5.32 Å². The van der Waals surface area contributed by atoms with Crippen LogP contribution in [0.5, 0.6) is 5.75 Å². The van der Waals surface area contributed by atoms with Crippen molar-refractivity contribution in [2.75, 3.05) is 5.32 Å². The van der Waals surface area contributed by atoms with Gasteiger partial charge in [0.25, 0.3) is 5.91 Å². The van der Waals surface area contributed by atoms with Crippen molar-refractivity contribution in [3.63, 3.8) is 0 Å². The van der Waals surface area contributed by atoms with Crippen molar-refractivity contribution in [3.8, 4) is 5.75 Å². The molecule has 1 amide bonds. The maximum Gasteiger partial charge on any atom is 0.278 e. The number of nitrogens with one attached hydrogen (secondary N) is 1. The highest BCUT2D eigenvalue weighted by atomic mass is 16.3. The van der Waals surface area contributed by atoms with Crippen LogP contribution in [0.25, 0.3) is 10.8 Å². The summed E-state index contributed by atoms with van der Waals surface area (Å²) in [6.07, 6.45) is 1.19. The fourth-order valence-electron chi connectivity index (χ4n) is 3.81. The second-order valence-electron chi connectivity index (χ2n) is 7.12. The highest BCUT2D eigenvalue weighted by Gasteiger charge is 2.32. The van der Waals surface area contributed by atoms with E-state index in [1.54, 1.807) is 24.4 Å². The lowest BCUT2D eigenvalue weighted by atomic mass is 10.0. The van der Waals surface area contributed by atoms with Crippen LogP contribution in [0.3, 0.4) is 0 Å². The summed E-state index contributed by atoms with van der Waals surface area (Å²) in [4.78, 5) is 13.3. The van der Waals surface area contributed by atoms with Crippen molar-refractivity contribution >= 4 is 28.6 Å². The fourth-order valence-corrected chi connectivity index (χ4v) is 3.81. The van der Waals surface area contributed by atoms with Gasteiger partial charge in [0, 0.05) is 16.6 Å². The molecule has 0 radical (unpaired) electrons. The quantitative estimate of drug-likeness (QED) is 0.473. The number of phenolic OH excluding ortho intramolecular Hbond substituents is 1. The van der Waals surface area contributed by atoms with Crippen molar-refractivity contribution in [1.82, 2.24) is 5.01 Å². The lowest BCUT2D eigenvalue weighted by molar-refractivity contribution is 0.0691. The molecular formula is C25H19N3O2. The Morgan fingerprint density at radius 3 is 2.43 bits per heavy atom.